The summed E-state index contributed by atoms with van der Waals surface area (Å²) in [5.41, 5.74) is 6.51. The van der Waals surface area contributed by atoms with E-state index in [2.05, 4.69) is 15.9 Å². The van der Waals surface area contributed by atoms with Crippen LogP contribution in [0, 0.1) is 0 Å². The highest BCUT2D eigenvalue weighted by atomic mass is 79.9. The molecule has 0 aliphatic carbocycles. The maximum Gasteiger partial charge on any atom is 0.227 e. The van der Waals surface area contributed by atoms with Gasteiger partial charge in [0.25, 0.3) is 0 Å². The van der Waals surface area contributed by atoms with E-state index in [1.54, 1.807) is 41.2 Å². The Hall–Kier alpha value is -1.37. The summed E-state index contributed by atoms with van der Waals surface area (Å²) >= 11 is 3.33. The summed E-state index contributed by atoms with van der Waals surface area (Å²) in [7, 11) is 0. The summed E-state index contributed by atoms with van der Waals surface area (Å²) < 4.78 is 2.67. The number of carbonyl (C=O) groups is 2. The number of benzene rings is 1. The number of rotatable bonds is 5. The summed E-state index contributed by atoms with van der Waals surface area (Å²) in [6.45, 7) is 0.223. The minimum absolute atomic E-state index is 0. The predicted molar refractivity (Wildman–Crippen MR) is 78.5 cm³/mol. The fourth-order valence-corrected chi connectivity index (χ4v) is 2.02. The molecule has 0 fully saturated rings. The lowest BCUT2D eigenvalue weighted by Crippen LogP contribution is -3.00. The van der Waals surface area contributed by atoms with Crippen molar-refractivity contribution < 1.29 is 31.1 Å². The highest BCUT2D eigenvalue weighted by Crippen LogP contribution is 2.10. The van der Waals surface area contributed by atoms with Crippen LogP contribution in [0.15, 0.2) is 53.3 Å². The predicted octanol–water partition coefficient (Wildman–Crippen LogP) is -1.24. The number of nitrogens with zero attached hydrogens (tertiary/aromatic N) is 1. The van der Waals surface area contributed by atoms with Crippen LogP contribution in [0.1, 0.15) is 20.7 Å². The third kappa shape index (κ3) is 4.84. The second-order valence-corrected chi connectivity index (χ2v) is 5.23. The molecule has 0 unspecified atom stereocenters. The van der Waals surface area contributed by atoms with Gasteiger partial charge in [0.05, 0.1) is 6.54 Å². The number of aromatic nitrogens is 1. The monoisotopic (exact) mass is 412 g/mol. The average molecular weight is 414 g/mol. The SMILES string of the molecule is NCC(=O)c1cc[n+](CC(=O)c2ccc(Br)cc2)cc1.[Br-]. The minimum Gasteiger partial charge on any atom is -1.00 e. The molecule has 0 aliphatic rings. The Morgan fingerprint density at radius 2 is 1.48 bits per heavy atom. The molecule has 110 valence electrons. The van der Waals surface area contributed by atoms with Crippen molar-refractivity contribution in [3.05, 3.63) is 64.4 Å². The third-order valence-corrected chi connectivity index (χ3v) is 3.42. The minimum atomic E-state index is -0.114. The molecule has 21 heavy (non-hydrogen) atoms. The van der Waals surface area contributed by atoms with Crippen molar-refractivity contribution in [1.29, 1.82) is 0 Å². The zero-order valence-corrected chi connectivity index (χ0v) is 14.3. The molecule has 0 aliphatic heterocycles. The summed E-state index contributed by atoms with van der Waals surface area (Å²) in [6, 6.07) is 10.6. The molecule has 1 aromatic carbocycles. The summed E-state index contributed by atoms with van der Waals surface area (Å²) in [5.74, 6) is -0.100. The number of carbonyl (C=O) groups excluding carboxylic acids is 2. The smallest absolute Gasteiger partial charge is 0.227 e. The largest absolute Gasteiger partial charge is 1.00 e. The van der Waals surface area contributed by atoms with E-state index in [1.807, 2.05) is 12.1 Å². The summed E-state index contributed by atoms with van der Waals surface area (Å²) in [5, 5.41) is 0. The van der Waals surface area contributed by atoms with Crippen LogP contribution in [-0.4, -0.2) is 18.1 Å². The van der Waals surface area contributed by atoms with Crippen LogP contribution in [0.25, 0.3) is 0 Å². The molecular weight excluding hydrogens is 400 g/mol. The zero-order chi connectivity index (χ0) is 14.5. The maximum atomic E-state index is 12.1. The van der Waals surface area contributed by atoms with Gasteiger partial charge in [-0.25, -0.2) is 0 Å². The van der Waals surface area contributed by atoms with Crippen molar-refractivity contribution in [3.8, 4) is 0 Å². The molecule has 0 saturated heterocycles. The van der Waals surface area contributed by atoms with Crippen molar-refractivity contribution in [2.45, 2.75) is 6.54 Å². The van der Waals surface area contributed by atoms with Gasteiger partial charge in [-0.05, 0) is 12.1 Å². The van der Waals surface area contributed by atoms with Gasteiger partial charge in [0, 0.05) is 27.7 Å². The second kappa shape index (κ2) is 8.17. The fourth-order valence-electron chi connectivity index (χ4n) is 1.76. The van der Waals surface area contributed by atoms with Crippen LogP contribution in [0.5, 0.6) is 0 Å². The molecule has 2 N–H and O–H groups in total. The maximum absolute atomic E-state index is 12.1. The number of pyridine rings is 1. The van der Waals surface area contributed by atoms with Gasteiger partial charge in [-0.1, -0.05) is 28.1 Å². The number of hydrogen-bond acceptors (Lipinski definition) is 3. The van der Waals surface area contributed by atoms with E-state index < -0.39 is 0 Å². The van der Waals surface area contributed by atoms with Crippen LogP contribution in [0.4, 0.5) is 0 Å². The molecule has 0 radical (unpaired) electrons. The van der Waals surface area contributed by atoms with Gasteiger partial charge in [0.15, 0.2) is 18.2 Å². The number of nitrogens with two attached hydrogens (primary N) is 1. The van der Waals surface area contributed by atoms with Gasteiger partial charge in [-0.3, -0.25) is 9.59 Å². The van der Waals surface area contributed by atoms with E-state index in [-0.39, 0.29) is 41.6 Å². The number of ketones is 2. The quantitative estimate of drug-likeness (QED) is 0.493. The topological polar surface area (TPSA) is 64.0 Å². The highest BCUT2D eigenvalue weighted by molar-refractivity contribution is 9.10. The van der Waals surface area contributed by atoms with Gasteiger partial charge in [-0.15, -0.1) is 0 Å². The first-order chi connectivity index (χ1) is 9.60. The Labute approximate surface area is 141 Å². The third-order valence-electron chi connectivity index (χ3n) is 2.89. The number of Topliss-reactive ketones (excluding diaryl/α,β-unsaturated/α-hetero) is 2. The molecule has 0 bridgehead atoms. The van der Waals surface area contributed by atoms with Crippen LogP contribution in [0.3, 0.4) is 0 Å². The first-order valence-corrected chi connectivity index (χ1v) is 6.90. The van der Waals surface area contributed by atoms with E-state index in [4.69, 9.17) is 5.73 Å². The zero-order valence-electron chi connectivity index (χ0n) is 11.1. The van der Waals surface area contributed by atoms with Crippen LogP contribution >= 0.6 is 15.9 Å². The van der Waals surface area contributed by atoms with Crippen molar-refractivity contribution in [3.63, 3.8) is 0 Å². The fraction of sp³-hybridized carbons (Fsp3) is 0.133. The van der Waals surface area contributed by atoms with Crippen LogP contribution in [-0.2, 0) is 6.54 Å². The van der Waals surface area contributed by atoms with Gasteiger partial charge in [0.2, 0.25) is 12.3 Å². The molecule has 0 amide bonds. The van der Waals surface area contributed by atoms with Gasteiger partial charge in [-0.2, -0.15) is 4.57 Å². The second-order valence-electron chi connectivity index (χ2n) is 4.32. The molecule has 0 saturated carbocycles. The van der Waals surface area contributed by atoms with E-state index in [1.165, 1.54) is 0 Å². The Kier molecular flexibility index (Phi) is 6.87. The molecule has 1 heterocycles. The lowest BCUT2D eigenvalue weighted by molar-refractivity contribution is -0.683. The molecule has 2 aromatic rings. The number of hydrogen-bond donors (Lipinski definition) is 1. The van der Waals surface area contributed by atoms with E-state index in [0.717, 1.165) is 4.47 Å². The van der Waals surface area contributed by atoms with Crippen LogP contribution in [0.2, 0.25) is 0 Å². The van der Waals surface area contributed by atoms with Crippen molar-refractivity contribution >= 4 is 27.5 Å². The molecule has 1 aromatic heterocycles. The Morgan fingerprint density at radius 1 is 0.952 bits per heavy atom. The molecular formula is C15H14Br2N2O2. The molecule has 0 atom stereocenters. The first-order valence-electron chi connectivity index (χ1n) is 6.11. The van der Waals surface area contributed by atoms with E-state index in [9.17, 15) is 9.59 Å². The molecule has 0 spiro atoms. The molecule has 6 heteroatoms. The van der Waals surface area contributed by atoms with E-state index in [0.29, 0.717) is 11.1 Å². The lowest BCUT2D eigenvalue weighted by atomic mass is 10.1. The molecule has 4 nitrogen and oxygen atoms in total. The van der Waals surface area contributed by atoms with Crippen molar-refractivity contribution in [2.24, 2.45) is 5.73 Å². The standard InChI is InChI=1S/C15H14BrN2O2.BrH/c16-13-3-1-11(2-4-13)15(20)10-18-7-5-12(6-8-18)14(19)9-17;/h1-8H,9-10,17H2;1H/q+1;/p-1. The number of halogens is 2. The summed E-state index contributed by atoms with van der Waals surface area (Å²) in [4.78, 5) is 23.5. The first kappa shape index (κ1) is 17.7. The van der Waals surface area contributed by atoms with E-state index >= 15 is 0 Å². The average Bonchev–Trinajstić information content (AvgIpc) is 2.48. The Bertz CT molecular complexity index is 625. The van der Waals surface area contributed by atoms with Crippen molar-refractivity contribution in [1.82, 2.24) is 0 Å². The highest BCUT2D eigenvalue weighted by Gasteiger charge is 2.13. The van der Waals surface area contributed by atoms with Gasteiger partial charge < -0.3 is 22.7 Å². The van der Waals surface area contributed by atoms with Gasteiger partial charge >= 0.3 is 0 Å². The normalized spacial score (nSPS) is 9.81. The lowest BCUT2D eigenvalue weighted by Gasteiger charge is -2.00. The van der Waals surface area contributed by atoms with Gasteiger partial charge in [0.1, 0.15) is 0 Å². The van der Waals surface area contributed by atoms with Crippen LogP contribution < -0.4 is 27.3 Å². The Balaban J connectivity index is 0.00000220. The Morgan fingerprint density at radius 3 is 2.00 bits per heavy atom. The summed E-state index contributed by atoms with van der Waals surface area (Å²) in [6.07, 6.45) is 3.42. The molecule has 2 rings (SSSR count). The van der Waals surface area contributed by atoms with Crippen molar-refractivity contribution in [2.75, 3.05) is 6.54 Å².